The van der Waals surface area contributed by atoms with Crippen molar-refractivity contribution >= 4 is 39.5 Å². The number of para-hydroxylation sites is 1. The number of benzene rings is 2. The Hall–Kier alpha value is -3.94. The summed E-state index contributed by atoms with van der Waals surface area (Å²) in [6, 6.07) is 13.9. The lowest BCUT2D eigenvalue weighted by Gasteiger charge is -2.14. The topological polar surface area (TPSA) is 117 Å². The molecule has 0 aliphatic rings. The highest BCUT2D eigenvalue weighted by Crippen LogP contribution is 2.20. The number of pyridine rings is 1. The van der Waals surface area contributed by atoms with Gasteiger partial charge in [-0.05, 0) is 44.2 Å². The van der Waals surface area contributed by atoms with E-state index in [1.165, 1.54) is 6.92 Å². The first kappa shape index (κ1) is 18.4. The van der Waals surface area contributed by atoms with Gasteiger partial charge < -0.3 is 20.0 Å². The molecule has 0 unspecified atom stereocenters. The molecule has 1 amide bonds. The first-order chi connectivity index (χ1) is 13.9. The largest absolute Gasteiger partial charge is 0.449 e. The van der Waals surface area contributed by atoms with E-state index in [1.807, 2.05) is 18.2 Å². The predicted molar refractivity (Wildman–Crippen MR) is 109 cm³/mol. The number of esters is 1. The summed E-state index contributed by atoms with van der Waals surface area (Å²) in [6.45, 7) is 3.29. The van der Waals surface area contributed by atoms with Crippen LogP contribution in [0.5, 0.6) is 0 Å². The fourth-order valence-corrected chi connectivity index (χ4v) is 3.11. The smallest absolute Gasteiger partial charge is 0.339 e. The Bertz CT molecular complexity index is 1310. The van der Waals surface area contributed by atoms with Gasteiger partial charge in [-0.3, -0.25) is 9.78 Å². The number of rotatable bonds is 4. The van der Waals surface area contributed by atoms with Crippen LogP contribution in [0, 0.1) is 6.92 Å². The zero-order chi connectivity index (χ0) is 20.5. The van der Waals surface area contributed by atoms with Gasteiger partial charge in [-0.2, -0.15) is 0 Å². The fraction of sp³-hybridized carbons (Fsp3) is 0.143. The van der Waals surface area contributed by atoms with Crippen LogP contribution in [0.1, 0.15) is 23.0 Å². The van der Waals surface area contributed by atoms with Crippen LogP contribution in [-0.2, 0) is 9.53 Å². The van der Waals surface area contributed by atoms with Gasteiger partial charge >= 0.3 is 11.7 Å². The number of aryl methyl sites for hydroxylation is 1. The number of hydrogen-bond acceptors (Lipinski definition) is 5. The highest BCUT2D eigenvalue weighted by atomic mass is 16.5. The highest BCUT2D eigenvalue weighted by molar-refractivity contribution is 6.05. The molecule has 0 radical (unpaired) electrons. The van der Waals surface area contributed by atoms with Crippen LogP contribution in [-0.4, -0.2) is 32.9 Å². The summed E-state index contributed by atoms with van der Waals surface area (Å²) in [5.74, 6) is -1.08. The molecule has 0 spiro atoms. The molecule has 0 aliphatic carbocycles. The van der Waals surface area contributed by atoms with Crippen LogP contribution in [0.2, 0.25) is 0 Å². The molecule has 8 heteroatoms. The molecule has 29 heavy (non-hydrogen) atoms. The Morgan fingerprint density at radius 1 is 1.07 bits per heavy atom. The van der Waals surface area contributed by atoms with Crippen molar-refractivity contribution in [3.63, 3.8) is 0 Å². The first-order valence-electron chi connectivity index (χ1n) is 9.01. The van der Waals surface area contributed by atoms with Gasteiger partial charge in [0.05, 0.1) is 22.1 Å². The number of H-pyrrole nitrogens is 2. The van der Waals surface area contributed by atoms with Crippen molar-refractivity contribution in [1.29, 1.82) is 0 Å². The number of imidazole rings is 1. The first-order valence-corrected chi connectivity index (χ1v) is 9.01. The maximum Gasteiger partial charge on any atom is 0.339 e. The molecular weight excluding hydrogens is 372 g/mol. The molecule has 0 saturated heterocycles. The van der Waals surface area contributed by atoms with E-state index in [1.54, 1.807) is 37.3 Å². The minimum absolute atomic E-state index is 0.328. The number of carbonyl (C=O) groups is 2. The van der Waals surface area contributed by atoms with Crippen molar-refractivity contribution in [2.75, 3.05) is 5.32 Å². The molecule has 2 aromatic carbocycles. The van der Waals surface area contributed by atoms with Gasteiger partial charge in [0.2, 0.25) is 0 Å². The van der Waals surface area contributed by atoms with E-state index in [4.69, 9.17) is 4.74 Å². The summed E-state index contributed by atoms with van der Waals surface area (Å²) >= 11 is 0. The Balaban J connectivity index is 1.51. The molecule has 2 aromatic heterocycles. The number of nitrogens with zero attached hydrogens (tertiary/aromatic N) is 1. The van der Waals surface area contributed by atoms with Crippen LogP contribution >= 0.6 is 0 Å². The van der Waals surface area contributed by atoms with Crippen LogP contribution in [0.3, 0.4) is 0 Å². The Labute approximate surface area is 164 Å². The van der Waals surface area contributed by atoms with Gasteiger partial charge in [-0.1, -0.05) is 18.2 Å². The second kappa shape index (κ2) is 7.23. The molecule has 0 fully saturated rings. The lowest BCUT2D eigenvalue weighted by Crippen LogP contribution is -2.30. The molecule has 0 bridgehead atoms. The minimum Gasteiger partial charge on any atom is -0.449 e. The average molecular weight is 390 g/mol. The third-order valence-electron chi connectivity index (χ3n) is 4.50. The SMILES string of the molecule is Cc1cc(C(=O)O[C@H](C)C(=O)Nc2ccc3[nH]c(=O)[nH]c3c2)c2ccccc2n1. The minimum atomic E-state index is -1.02. The van der Waals surface area contributed by atoms with Crippen molar-refractivity contribution in [3.8, 4) is 0 Å². The monoisotopic (exact) mass is 390 g/mol. The number of aromatic amines is 2. The average Bonchev–Trinajstić information content (AvgIpc) is 3.06. The van der Waals surface area contributed by atoms with Gasteiger partial charge in [0, 0.05) is 16.8 Å². The lowest BCUT2D eigenvalue weighted by molar-refractivity contribution is -0.123. The lowest BCUT2D eigenvalue weighted by atomic mass is 10.1. The maximum atomic E-state index is 12.7. The normalized spacial score (nSPS) is 12.1. The number of nitrogens with one attached hydrogen (secondary N) is 3. The molecule has 2 heterocycles. The Kier molecular flexibility index (Phi) is 4.59. The van der Waals surface area contributed by atoms with Crippen molar-refractivity contribution in [2.24, 2.45) is 0 Å². The summed E-state index contributed by atoms with van der Waals surface area (Å²) < 4.78 is 5.38. The molecule has 0 aliphatic heterocycles. The number of hydrogen-bond donors (Lipinski definition) is 3. The molecule has 8 nitrogen and oxygen atoms in total. The zero-order valence-corrected chi connectivity index (χ0v) is 15.8. The van der Waals surface area contributed by atoms with Gasteiger partial charge in [0.15, 0.2) is 6.10 Å². The maximum absolute atomic E-state index is 12.7. The highest BCUT2D eigenvalue weighted by Gasteiger charge is 2.21. The number of ether oxygens (including phenoxy) is 1. The van der Waals surface area contributed by atoms with Crippen molar-refractivity contribution in [1.82, 2.24) is 15.0 Å². The molecule has 3 N–H and O–H groups in total. The predicted octanol–water partition coefficient (Wildman–Crippen LogP) is 2.90. The van der Waals surface area contributed by atoms with Gasteiger partial charge in [0.1, 0.15) is 0 Å². The Morgan fingerprint density at radius 3 is 2.66 bits per heavy atom. The van der Waals surface area contributed by atoms with E-state index in [0.717, 1.165) is 0 Å². The van der Waals surface area contributed by atoms with Crippen molar-refractivity contribution < 1.29 is 14.3 Å². The van der Waals surface area contributed by atoms with Crippen LogP contribution in [0.4, 0.5) is 5.69 Å². The van der Waals surface area contributed by atoms with E-state index in [2.05, 4.69) is 20.3 Å². The van der Waals surface area contributed by atoms with Crippen LogP contribution in [0.15, 0.2) is 53.3 Å². The molecule has 1 atom stereocenters. The quantitative estimate of drug-likeness (QED) is 0.463. The molecule has 4 aromatic rings. The summed E-state index contributed by atoms with van der Waals surface area (Å²) in [7, 11) is 0. The molecule has 0 saturated carbocycles. The number of carbonyl (C=O) groups excluding carboxylic acids is 2. The van der Waals surface area contributed by atoms with E-state index in [0.29, 0.717) is 38.9 Å². The van der Waals surface area contributed by atoms with E-state index >= 15 is 0 Å². The van der Waals surface area contributed by atoms with Crippen LogP contribution < -0.4 is 11.0 Å². The Morgan fingerprint density at radius 2 is 1.83 bits per heavy atom. The summed E-state index contributed by atoms with van der Waals surface area (Å²) in [6.07, 6.45) is -1.02. The number of fused-ring (bicyclic) bond motifs is 2. The summed E-state index contributed by atoms with van der Waals surface area (Å²) in [4.78, 5) is 46.1. The third kappa shape index (κ3) is 3.73. The van der Waals surface area contributed by atoms with E-state index in [9.17, 15) is 14.4 Å². The third-order valence-corrected chi connectivity index (χ3v) is 4.50. The second-order valence-electron chi connectivity index (χ2n) is 6.70. The molecule has 4 rings (SSSR count). The zero-order valence-electron chi connectivity index (χ0n) is 15.8. The molecule has 146 valence electrons. The summed E-state index contributed by atoms with van der Waals surface area (Å²) in [5, 5.41) is 3.35. The standard InChI is InChI=1S/C21H18N4O4/c1-11-9-15(14-5-3-4-6-16(14)22-11)20(27)29-12(2)19(26)23-13-7-8-17-18(10-13)25-21(28)24-17/h3-10,12H,1-2H3,(H,23,26)(H2,24,25,28)/t12-/m1/s1. The molecular formula is C21H18N4O4. The number of amides is 1. The van der Waals surface area contributed by atoms with Crippen molar-refractivity contribution in [3.05, 3.63) is 70.3 Å². The van der Waals surface area contributed by atoms with Gasteiger partial charge in [-0.15, -0.1) is 0 Å². The number of aromatic nitrogens is 3. The van der Waals surface area contributed by atoms with Crippen molar-refractivity contribution in [2.45, 2.75) is 20.0 Å². The fourth-order valence-electron chi connectivity index (χ4n) is 3.11. The summed E-state index contributed by atoms with van der Waals surface area (Å²) in [5.41, 5.74) is 3.08. The number of anilines is 1. The second-order valence-corrected chi connectivity index (χ2v) is 6.70. The van der Waals surface area contributed by atoms with E-state index in [-0.39, 0.29) is 5.69 Å². The van der Waals surface area contributed by atoms with Gasteiger partial charge in [-0.25, -0.2) is 9.59 Å². The van der Waals surface area contributed by atoms with E-state index < -0.39 is 18.0 Å². The van der Waals surface area contributed by atoms with Gasteiger partial charge in [0.25, 0.3) is 5.91 Å². The van der Waals surface area contributed by atoms with Crippen LogP contribution in [0.25, 0.3) is 21.9 Å².